The fraction of sp³-hybridized carbons (Fsp3) is 0.429. The number of carbonyl (C=O) groups excluding carboxylic acids is 2. The van der Waals surface area contributed by atoms with E-state index in [-0.39, 0.29) is 18.0 Å². The van der Waals surface area contributed by atoms with E-state index in [1.807, 2.05) is 50.2 Å². The monoisotopic (exact) mass is 354 g/mol. The van der Waals surface area contributed by atoms with Crippen LogP contribution >= 0.6 is 0 Å². The summed E-state index contributed by atoms with van der Waals surface area (Å²) < 4.78 is 7.77. The second-order valence-corrected chi connectivity index (χ2v) is 7.23. The van der Waals surface area contributed by atoms with Crippen molar-refractivity contribution in [3.63, 3.8) is 0 Å². The van der Waals surface area contributed by atoms with E-state index in [9.17, 15) is 9.59 Å². The maximum Gasteiger partial charge on any atom is 0.341 e. The number of amides is 1. The van der Waals surface area contributed by atoms with E-state index in [0.29, 0.717) is 11.1 Å². The molecule has 0 spiro atoms. The van der Waals surface area contributed by atoms with Crippen molar-refractivity contribution in [2.45, 2.75) is 58.7 Å². The standard InChI is InChI=1S/C21H26N2O3/c1-13(2)23-14(3)12-18(15(23)4)21(25)26-19(16-8-6-5-7-9-16)20(24)22-17-10-11-17/h5-9,12-13,17,19H,10-11H2,1-4H3,(H,22,24)/t19-/m0/s1. The van der Waals surface area contributed by atoms with Crippen molar-refractivity contribution in [2.75, 3.05) is 0 Å². The number of ether oxygens (including phenoxy) is 1. The highest BCUT2D eigenvalue weighted by molar-refractivity contribution is 5.94. The van der Waals surface area contributed by atoms with Gasteiger partial charge in [0.1, 0.15) is 0 Å². The number of benzene rings is 1. The maximum absolute atomic E-state index is 12.8. The molecule has 3 rings (SSSR count). The fourth-order valence-corrected chi connectivity index (χ4v) is 3.35. The van der Waals surface area contributed by atoms with Gasteiger partial charge in [0.15, 0.2) is 0 Å². The number of nitrogens with one attached hydrogen (secondary N) is 1. The van der Waals surface area contributed by atoms with E-state index < -0.39 is 12.1 Å². The number of hydrogen-bond donors (Lipinski definition) is 1. The van der Waals surface area contributed by atoms with Gasteiger partial charge in [-0.05, 0) is 46.6 Å². The number of rotatable bonds is 6. The molecule has 5 nitrogen and oxygen atoms in total. The lowest BCUT2D eigenvalue weighted by atomic mass is 10.1. The van der Waals surface area contributed by atoms with Crippen LogP contribution < -0.4 is 5.32 Å². The molecule has 1 saturated carbocycles. The zero-order chi connectivity index (χ0) is 18.8. The normalized spacial score (nSPS) is 15.0. The molecule has 1 aromatic heterocycles. The summed E-state index contributed by atoms with van der Waals surface area (Å²) in [6, 6.07) is 11.5. The minimum Gasteiger partial charge on any atom is -0.444 e. The second-order valence-electron chi connectivity index (χ2n) is 7.23. The molecule has 0 unspecified atom stereocenters. The number of esters is 1. The summed E-state index contributed by atoms with van der Waals surface area (Å²) in [7, 11) is 0. The van der Waals surface area contributed by atoms with E-state index in [2.05, 4.69) is 23.7 Å². The highest BCUT2D eigenvalue weighted by atomic mass is 16.5. The lowest BCUT2D eigenvalue weighted by molar-refractivity contribution is -0.130. The van der Waals surface area contributed by atoms with Crippen molar-refractivity contribution in [1.82, 2.24) is 9.88 Å². The van der Waals surface area contributed by atoms with Gasteiger partial charge in [-0.15, -0.1) is 0 Å². The Balaban J connectivity index is 1.85. The van der Waals surface area contributed by atoms with Crippen molar-refractivity contribution in [1.29, 1.82) is 0 Å². The summed E-state index contributed by atoms with van der Waals surface area (Å²) in [6.45, 7) is 8.03. The van der Waals surface area contributed by atoms with E-state index in [4.69, 9.17) is 4.74 Å². The summed E-state index contributed by atoms with van der Waals surface area (Å²) in [4.78, 5) is 25.5. The van der Waals surface area contributed by atoms with Crippen LogP contribution in [-0.4, -0.2) is 22.5 Å². The van der Waals surface area contributed by atoms with Crippen LogP contribution in [0.3, 0.4) is 0 Å². The Kier molecular flexibility index (Phi) is 5.16. The van der Waals surface area contributed by atoms with Crippen molar-refractivity contribution in [3.05, 3.63) is 58.9 Å². The van der Waals surface area contributed by atoms with Gasteiger partial charge in [-0.2, -0.15) is 0 Å². The first kappa shape index (κ1) is 18.2. The molecular formula is C21H26N2O3. The molecular weight excluding hydrogens is 328 g/mol. The average Bonchev–Trinajstić information content (AvgIpc) is 3.36. The topological polar surface area (TPSA) is 60.3 Å². The first-order valence-corrected chi connectivity index (χ1v) is 9.13. The van der Waals surface area contributed by atoms with Gasteiger partial charge in [0.05, 0.1) is 5.56 Å². The highest BCUT2D eigenvalue weighted by Gasteiger charge is 2.31. The molecule has 1 fully saturated rings. The molecule has 1 amide bonds. The van der Waals surface area contributed by atoms with Gasteiger partial charge in [0, 0.05) is 29.0 Å². The lowest BCUT2D eigenvalue weighted by Crippen LogP contribution is -2.33. The summed E-state index contributed by atoms with van der Waals surface area (Å²) in [6.07, 6.45) is 1.03. The van der Waals surface area contributed by atoms with Crippen molar-refractivity contribution in [2.24, 2.45) is 0 Å². The van der Waals surface area contributed by atoms with Crippen molar-refractivity contribution >= 4 is 11.9 Å². The smallest absolute Gasteiger partial charge is 0.341 e. The predicted octanol–water partition coefficient (Wildman–Crippen LogP) is 3.86. The molecule has 0 aliphatic heterocycles. The molecule has 0 radical (unpaired) electrons. The Labute approximate surface area is 154 Å². The van der Waals surface area contributed by atoms with Gasteiger partial charge in [-0.3, -0.25) is 4.79 Å². The quantitative estimate of drug-likeness (QED) is 0.801. The summed E-state index contributed by atoms with van der Waals surface area (Å²) in [5.41, 5.74) is 3.05. The van der Waals surface area contributed by atoms with E-state index >= 15 is 0 Å². The Morgan fingerprint density at radius 1 is 1.15 bits per heavy atom. The summed E-state index contributed by atoms with van der Waals surface area (Å²) in [5.74, 6) is -0.727. The second kappa shape index (κ2) is 7.36. The third kappa shape index (κ3) is 3.82. The minimum absolute atomic E-state index is 0.207. The van der Waals surface area contributed by atoms with Crippen molar-refractivity contribution < 1.29 is 14.3 Å². The molecule has 1 aliphatic rings. The average molecular weight is 354 g/mol. The molecule has 1 aromatic carbocycles. The molecule has 0 saturated heterocycles. The van der Waals surface area contributed by atoms with Crippen molar-refractivity contribution in [3.8, 4) is 0 Å². The Bertz CT molecular complexity index is 804. The molecule has 26 heavy (non-hydrogen) atoms. The zero-order valence-corrected chi connectivity index (χ0v) is 15.8. The number of hydrogen-bond acceptors (Lipinski definition) is 3. The SMILES string of the molecule is Cc1cc(C(=O)O[C@H](C(=O)NC2CC2)c2ccccc2)c(C)n1C(C)C. The zero-order valence-electron chi connectivity index (χ0n) is 15.8. The van der Waals surface area contributed by atoms with Crippen LogP contribution in [-0.2, 0) is 9.53 Å². The van der Waals surface area contributed by atoms with Crippen LogP contribution in [0, 0.1) is 13.8 Å². The number of carbonyl (C=O) groups is 2. The number of aromatic nitrogens is 1. The van der Waals surface area contributed by atoms with Gasteiger partial charge in [0.25, 0.3) is 5.91 Å². The van der Waals surface area contributed by atoms with Crippen LogP contribution in [0.1, 0.15) is 66.1 Å². The van der Waals surface area contributed by atoms with Gasteiger partial charge in [-0.1, -0.05) is 30.3 Å². The maximum atomic E-state index is 12.8. The van der Waals surface area contributed by atoms with E-state index in [0.717, 1.165) is 24.2 Å². The molecule has 1 aliphatic carbocycles. The number of aryl methyl sites for hydroxylation is 1. The first-order chi connectivity index (χ1) is 12.4. The molecule has 1 atom stereocenters. The molecule has 1 heterocycles. The molecule has 5 heteroatoms. The molecule has 138 valence electrons. The highest BCUT2D eigenvalue weighted by Crippen LogP contribution is 2.26. The van der Waals surface area contributed by atoms with Crippen LogP contribution in [0.4, 0.5) is 0 Å². The van der Waals surface area contributed by atoms with Gasteiger partial charge >= 0.3 is 5.97 Å². The largest absolute Gasteiger partial charge is 0.444 e. The Morgan fingerprint density at radius 2 is 1.81 bits per heavy atom. The first-order valence-electron chi connectivity index (χ1n) is 9.13. The third-order valence-corrected chi connectivity index (χ3v) is 4.71. The van der Waals surface area contributed by atoms with Crippen LogP contribution in [0.25, 0.3) is 0 Å². The summed E-state index contributed by atoms with van der Waals surface area (Å²) >= 11 is 0. The predicted molar refractivity (Wildman–Crippen MR) is 100 cm³/mol. The molecule has 2 aromatic rings. The third-order valence-electron chi connectivity index (χ3n) is 4.71. The number of nitrogens with zero attached hydrogens (tertiary/aromatic N) is 1. The van der Waals surface area contributed by atoms with Crippen LogP contribution in [0.15, 0.2) is 36.4 Å². The Morgan fingerprint density at radius 3 is 2.35 bits per heavy atom. The lowest BCUT2D eigenvalue weighted by Gasteiger charge is -2.18. The van der Waals surface area contributed by atoms with Gasteiger partial charge < -0.3 is 14.6 Å². The Hall–Kier alpha value is -2.56. The minimum atomic E-state index is -0.939. The fourth-order valence-electron chi connectivity index (χ4n) is 3.35. The molecule has 1 N–H and O–H groups in total. The molecule has 0 bridgehead atoms. The summed E-state index contributed by atoms with van der Waals surface area (Å²) in [5, 5.41) is 2.94. The van der Waals surface area contributed by atoms with Crippen LogP contribution in [0.5, 0.6) is 0 Å². The van der Waals surface area contributed by atoms with E-state index in [1.54, 1.807) is 0 Å². The van der Waals surface area contributed by atoms with Gasteiger partial charge in [-0.25, -0.2) is 4.79 Å². The van der Waals surface area contributed by atoms with Crippen LogP contribution in [0.2, 0.25) is 0 Å². The van der Waals surface area contributed by atoms with E-state index in [1.165, 1.54) is 0 Å². The van der Waals surface area contributed by atoms with Gasteiger partial charge in [0.2, 0.25) is 6.10 Å².